The Kier molecular flexibility index (Phi) is 3.47. The van der Waals surface area contributed by atoms with Gasteiger partial charge < -0.3 is 10.0 Å². The lowest BCUT2D eigenvalue weighted by Crippen LogP contribution is -2.44. The summed E-state index contributed by atoms with van der Waals surface area (Å²) in [5.41, 5.74) is 0.268. The van der Waals surface area contributed by atoms with Crippen LogP contribution in [-0.2, 0) is 6.42 Å². The highest BCUT2D eigenvalue weighted by atomic mass is 35.5. The van der Waals surface area contributed by atoms with Gasteiger partial charge in [0.25, 0.3) is 0 Å². The Labute approximate surface area is 101 Å². The van der Waals surface area contributed by atoms with Gasteiger partial charge in [-0.15, -0.1) is 0 Å². The molecule has 0 saturated carbocycles. The zero-order chi connectivity index (χ0) is 11.6. The molecule has 1 fully saturated rings. The second-order valence-corrected chi connectivity index (χ2v) is 5.04. The molecule has 1 saturated heterocycles. The van der Waals surface area contributed by atoms with Crippen molar-refractivity contribution in [2.45, 2.75) is 24.9 Å². The van der Waals surface area contributed by atoms with E-state index in [-0.39, 0.29) is 0 Å². The van der Waals surface area contributed by atoms with E-state index in [9.17, 15) is 5.11 Å². The molecule has 0 unspecified atom stereocenters. The molecule has 0 aromatic carbocycles. The summed E-state index contributed by atoms with van der Waals surface area (Å²) in [7, 11) is 2.08. The minimum absolute atomic E-state index is 0.494. The second-order valence-electron chi connectivity index (χ2n) is 4.66. The van der Waals surface area contributed by atoms with Crippen LogP contribution in [0.1, 0.15) is 18.5 Å². The van der Waals surface area contributed by atoms with Crippen LogP contribution in [0.4, 0.5) is 0 Å². The number of piperidine rings is 1. The highest BCUT2D eigenvalue weighted by Gasteiger charge is 2.31. The monoisotopic (exact) mass is 240 g/mol. The van der Waals surface area contributed by atoms with Gasteiger partial charge in [-0.25, -0.2) is 4.98 Å². The Balaban J connectivity index is 2.03. The molecular formula is C12H17ClN2O. The van der Waals surface area contributed by atoms with Gasteiger partial charge in [0.15, 0.2) is 0 Å². The Hall–Kier alpha value is -0.640. The Morgan fingerprint density at radius 2 is 2.12 bits per heavy atom. The fraction of sp³-hybridized carbons (Fsp3) is 0.583. The standard InChI is InChI=1S/C12H17ClN2O/c1-15-7-5-12(16,6-8-15)9-10-3-2-4-11(13)14-10/h2-4,16H,5-9H2,1H3. The van der Waals surface area contributed by atoms with E-state index >= 15 is 0 Å². The summed E-state index contributed by atoms with van der Waals surface area (Å²) in [6.07, 6.45) is 2.21. The van der Waals surface area contributed by atoms with E-state index in [0.717, 1.165) is 31.6 Å². The van der Waals surface area contributed by atoms with Gasteiger partial charge in [-0.3, -0.25) is 0 Å². The molecule has 3 nitrogen and oxygen atoms in total. The number of nitrogens with zero attached hydrogens (tertiary/aromatic N) is 2. The maximum atomic E-state index is 10.4. The van der Waals surface area contributed by atoms with Crippen LogP contribution < -0.4 is 0 Å². The van der Waals surface area contributed by atoms with E-state index in [1.807, 2.05) is 12.1 Å². The summed E-state index contributed by atoms with van der Waals surface area (Å²) in [5, 5.41) is 10.9. The summed E-state index contributed by atoms with van der Waals surface area (Å²) in [5.74, 6) is 0. The maximum absolute atomic E-state index is 10.4. The summed E-state index contributed by atoms with van der Waals surface area (Å²) in [4.78, 5) is 6.46. The van der Waals surface area contributed by atoms with Gasteiger partial charge in [0.1, 0.15) is 5.15 Å². The van der Waals surface area contributed by atoms with Crippen molar-refractivity contribution in [3.63, 3.8) is 0 Å². The molecule has 1 aromatic rings. The molecule has 88 valence electrons. The molecule has 0 radical (unpaired) electrons. The zero-order valence-corrected chi connectivity index (χ0v) is 10.2. The second kappa shape index (κ2) is 4.70. The van der Waals surface area contributed by atoms with Crippen molar-refractivity contribution in [2.75, 3.05) is 20.1 Å². The number of hydrogen-bond acceptors (Lipinski definition) is 3. The third-order valence-electron chi connectivity index (χ3n) is 3.20. The number of halogens is 1. The Bertz CT molecular complexity index is 362. The minimum Gasteiger partial charge on any atom is -0.389 e. The number of likely N-dealkylation sites (tertiary alicyclic amines) is 1. The van der Waals surface area contributed by atoms with Gasteiger partial charge in [0.05, 0.1) is 5.60 Å². The predicted octanol–water partition coefficient (Wildman–Crippen LogP) is 1.73. The van der Waals surface area contributed by atoms with Crippen molar-refractivity contribution in [3.8, 4) is 0 Å². The van der Waals surface area contributed by atoms with Crippen LogP contribution >= 0.6 is 11.6 Å². The van der Waals surface area contributed by atoms with E-state index in [4.69, 9.17) is 11.6 Å². The molecule has 16 heavy (non-hydrogen) atoms. The topological polar surface area (TPSA) is 36.4 Å². The van der Waals surface area contributed by atoms with Crippen LogP contribution in [0.5, 0.6) is 0 Å². The molecule has 0 amide bonds. The quantitative estimate of drug-likeness (QED) is 0.800. The molecule has 4 heteroatoms. The molecule has 1 aliphatic heterocycles. The molecule has 1 aliphatic rings. The summed E-state index contributed by atoms with van der Waals surface area (Å²) < 4.78 is 0. The van der Waals surface area contributed by atoms with Crippen molar-refractivity contribution in [1.82, 2.24) is 9.88 Å². The highest BCUT2D eigenvalue weighted by Crippen LogP contribution is 2.25. The largest absolute Gasteiger partial charge is 0.389 e. The lowest BCUT2D eigenvalue weighted by atomic mass is 9.87. The number of pyridine rings is 1. The normalized spacial score (nSPS) is 20.9. The third-order valence-corrected chi connectivity index (χ3v) is 3.41. The first kappa shape index (κ1) is 11.8. The van der Waals surface area contributed by atoms with Gasteiger partial charge in [0.2, 0.25) is 0 Å². The van der Waals surface area contributed by atoms with Crippen molar-refractivity contribution in [2.24, 2.45) is 0 Å². The molecule has 1 aromatic heterocycles. The van der Waals surface area contributed by atoms with Crippen LogP contribution in [-0.4, -0.2) is 40.7 Å². The highest BCUT2D eigenvalue weighted by molar-refractivity contribution is 6.29. The maximum Gasteiger partial charge on any atom is 0.129 e. The number of aliphatic hydroxyl groups is 1. The van der Waals surface area contributed by atoms with Crippen molar-refractivity contribution >= 4 is 11.6 Å². The molecule has 1 N–H and O–H groups in total. The average molecular weight is 241 g/mol. The van der Waals surface area contributed by atoms with E-state index < -0.39 is 5.60 Å². The molecule has 0 atom stereocenters. The number of aromatic nitrogens is 1. The van der Waals surface area contributed by atoms with Crippen LogP contribution in [0.2, 0.25) is 5.15 Å². The fourth-order valence-electron chi connectivity index (χ4n) is 2.10. The summed E-state index contributed by atoms with van der Waals surface area (Å²) in [6, 6.07) is 5.55. The van der Waals surface area contributed by atoms with Crippen LogP contribution in [0.15, 0.2) is 18.2 Å². The van der Waals surface area contributed by atoms with E-state index in [1.165, 1.54) is 0 Å². The van der Waals surface area contributed by atoms with Gasteiger partial charge in [-0.1, -0.05) is 17.7 Å². The van der Waals surface area contributed by atoms with Crippen LogP contribution in [0.25, 0.3) is 0 Å². The third kappa shape index (κ3) is 2.94. The zero-order valence-electron chi connectivity index (χ0n) is 9.49. The molecule has 2 heterocycles. The predicted molar refractivity (Wildman–Crippen MR) is 64.6 cm³/mol. The van der Waals surface area contributed by atoms with Crippen LogP contribution in [0.3, 0.4) is 0 Å². The summed E-state index contributed by atoms with van der Waals surface area (Å²) >= 11 is 5.83. The smallest absolute Gasteiger partial charge is 0.129 e. The Morgan fingerprint density at radius 3 is 2.75 bits per heavy atom. The summed E-state index contributed by atoms with van der Waals surface area (Å²) in [6.45, 7) is 1.88. The number of hydrogen-bond donors (Lipinski definition) is 1. The molecule has 2 rings (SSSR count). The molecule has 0 aliphatic carbocycles. The van der Waals surface area contributed by atoms with Crippen LogP contribution in [0, 0.1) is 0 Å². The van der Waals surface area contributed by atoms with Gasteiger partial charge in [0, 0.05) is 25.2 Å². The van der Waals surface area contributed by atoms with Crippen molar-refractivity contribution < 1.29 is 5.11 Å². The molecular weight excluding hydrogens is 224 g/mol. The van der Waals surface area contributed by atoms with Gasteiger partial charge in [-0.2, -0.15) is 0 Å². The molecule has 0 bridgehead atoms. The van der Waals surface area contributed by atoms with Gasteiger partial charge in [-0.05, 0) is 32.0 Å². The Morgan fingerprint density at radius 1 is 1.44 bits per heavy atom. The first-order valence-corrected chi connectivity index (χ1v) is 5.98. The first-order valence-electron chi connectivity index (χ1n) is 5.60. The molecule has 0 spiro atoms. The average Bonchev–Trinajstić information content (AvgIpc) is 2.23. The lowest BCUT2D eigenvalue weighted by molar-refractivity contribution is -0.0157. The number of rotatable bonds is 2. The SMILES string of the molecule is CN1CCC(O)(Cc2cccc(Cl)n2)CC1. The van der Waals surface area contributed by atoms with Gasteiger partial charge >= 0.3 is 0 Å². The fourth-order valence-corrected chi connectivity index (χ4v) is 2.28. The lowest BCUT2D eigenvalue weighted by Gasteiger charge is -2.36. The van der Waals surface area contributed by atoms with Crippen molar-refractivity contribution in [1.29, 1.82) is 0 Å². The minimum atomic E-state index is -0.607. The van der Waals surface area contributed by atoms with Crippen molar-refractivity contribution in [3.05, 3.63) is 29.0 Å². The first-order chi connectivity index (χ1) is 7.57. The van der Waals surface area contributed by atoms with E-state index in [1.54, 1.807) is 6.07 Å². The van der Waals surface area contributed by atoms with E-state index in [2.05, 4.69) is 16.9 Å². The van der Waals surface area contributed by atoms with E-state index in [0.29, 0.717) is 11.6 Å².